The maximum absolute atomic E-state index is 13.2. The summed E-state index contributed by atoms with van der Waals surface area (Å²) in [7, 11) is 1.58. The van der Waals surface area contributed by atoms with E-state index in [1.165, 1.54) is 6.21 Å². The third-order valence-electron chi connectivity index (χ3n) is 5.32. The Morgan fingerprint density at radius 1 is 1.03 bits per heavy atom. The van der Waals surface area contributed by atoms with Crippen LogP contribution in [0.3, 0.4) is 0 Å². The van der Waals surface area contributed by atoms with E-state index in [2.05, 4.69) is 10.4 Å². The highest BCUT2D eigenvalue weighted by atomic mass is 16.5. The molecule has 1 aliphatic heterocycles. The SMILES string of the molecule is CC[C@@]1(c2ccccc2)NC(=O)N(/N=C\c2c(OC)ccc3ccccc23)C1=O. The summed E-state index contributed by atoms with van der Waals surface area (Å²) in [6.07, 6.45) is 1.93. The van der Waals surface area contributed by atoms with Gasteiger partial charge in [-0.3, -0.25) is 4.79 Å². The quantitative estimate of drug-likeness (QED) is 0.531. The number of rotatable bonds is 5. The molecule has 3 aromatic carbocycles. The Labute approximate surface area is 168 Å². The summed E-state index contributed by atoms with van der Waals surface area (Å²) < 4.78 is 5.46. The molecule has 6 nitrogen and oxygen atoms in total. The van der Waals surface area contributed by atoms with Crippen LogP contribution in [-0.2, 0) is 10.3 Å². The van der Waals surface area contributed by atoms with Gasteiger partial charge in [-0.25, -0.2) is 4.79 Å². The third-order valence-corrected chi connectivity index (χ3v) is 5.32. The zero-order chi connectivity index (χ0) is 20.4. The smallest absolute Gasteiger partial charge is 0.346 e. The summed E-state index contributed by atoms with van der Waals surface area (Å²) in [5.41, 5.74) is 0.333. The molecule has 0 unspecified atom stereocenters. The summed E-state index contributed by atoms with van der Waals surface area (Å²) in [6.45, 7) is 1.87. The molecule has 146 valence electrons. The van der Waals surface area contributed by atoms with Gasteiger partial charge in [-0.2, -0.15) is 5.10 Å². The van der Waals surface area contributed by atoms with Crippen LogP contribution in [-0.4, -0.2) is 30.3 Å². The van der Waals surface area contributed by atoms with E-state index in [-0.39, 0.29) is 0 Å². The number of nitrogens with one attached hydrogen (secondary N) is 1. The Kier molecular flexibility index (Phi) is 4.76. The molecular weight excluding hydrogens is 366 g/mol. The van der Waals surface area contributed by atoms with E-state index in [1.807, 2.05) is 73.7 Å². The fourth-order valence-corrected chi connectivity index (χ4v) is 3.73. The van der Waals surface area contributed by atoms with Crippen LogP contribution in [0, 0.1) is 0 Å². The molecule has 29 heavy (non-hydrogen) atoms. The highest BCUT2D eigenvalue weighted by molar-refractivity contribution is 6.09. The van der Waals surface area contributed by atoms with Gasteiger partial charge in [0.1, 0.15) is 11.3 Å². The Bertz CT molecular complexity index is 1110. The molecule has 6 heteroatoms. The average molecular weight is 387 g/mol. The number of imide groups is 1. The number of hydrogen-bond donors (Lipinski definition) is 1. The lowest BCUT2D eigenvalue weighted by Gasteiger charge is -2.24. The van der Waals surface area contributed by atoms with E-state index >= 15 is 0 Å². The molecular formula is C23H21N3O3. The monoisotopic (exact) mass is 387 g/mol. The molecule has 0 spiro atoms. The van der Waals surface area contributed by atoms with Gasteiger partial charge < -0.3 is 10.1 Å². The van der Waals surface area contributed by atoms with Crippen LogP contribution in [0.25, 0.3) is 10.8 Å². The second kappa shape index (κ2) is 7.39. The van der Waals surface area contributed by atoms with Gasteiger partial charge in [0, 0.05) is 5.56 Å². The lowest BCUT2D eigenvalue weighted by molar-refractivity contribution is -0.131. The molecule has 1 N–H and O–H groups in total. The first-order chi connectivity index (χ1) is 14.1. The maximum Gasteiger partial charge on any atom is 0.346 e. The van der Waals surface area contributed by atoms with Crippen LogP contribution in [0.2, 0.25) is 0 Å². The van der Waals surface area contributed by atoms with Gasteiger partial charge in [-0.05, 0) is 28.8 Å². The predicted octanol–water partition coefficient (Wildman–Crippen LogP) is 4.04. The predicted molar refractivity (Wildman–Crippen MR) is 112 cm³/mol. The van der Waals surface area contributed by atoms with Crippen molar-refractivity contribution in [3.05, 3.63) is 77.9 Å². The fraction of sp³-hybridized carbons (Fsp3) is 0.174. The summed E-state index contributed by atoms with van der Waals surface area (Å²) in [6, 6.07) is 20.3. The number of methoxy groups -OCH3 is 1. The lowest BCUT2D eigenvalue weighted by atomic mass is 9.87. The number of hydrogen-bond acceptors (Lipinski definition) is 4. The molecule has 3 aromatic rings. The molecule has 3 amide bonds. The molecule has 1 aliphatic rings. The van der Waals surface area contributed by atoms with E-state index in [1.54, 1.807) is 7.11 Å². The Hall–Kier alpha value is -3.67. The zero-order valence-corrected chi connectivity index (χ0v) is 16.3. The molecule has 1 fully saturated rings. The van der Waals surface area contributed by atoms with Crippen LogP contribution in [0.15, 0.2) is 71.8 Å². The fourth-order valence-electron chi connectivity index (χ4n) is 3.73. The molecule has 1 saturated heterocycles. The van der Waals surface area contributed by atoms with Gasteiger partial charge in [0.15, 0.2) is 0 Å². The summed E-state index contributed by atoms with van der Waals surface area (Å²) in [4.78, 5) is 25.8. The second-order valence-electron chi connectivity index (χ2n) is 6.82. The minimum atomic E-state index is -1.11. The Morgan fingerprint density at radius 3 is 2.48 bits per heavy atom. The van der Waals surface area contributed by atoms with Gasteiger partial charge in [0.05, 0.1) is 13.3 Å². The number of carbonyl (C=O) groups excluding carboxylic acids is 2. The number of fused-ring (bicyclic) bond motifs is 1. The number of amides is 3. The number of urea groups is 1. The van der Waals surface area contributed by atoms with Crippen molar-refractivity contribution in [2.45, 2.75) is 18.9 Å². The minimum Gasteiger partial charge on any atom is -0.496 e. The Balaban J connectivity index is 1.74. The molecule has 0 bridgehead atoms. The maximum atomic E-state index is 13.2. The molecule has 4 rings (SSSR count). The molecule has 0 aromatic heterocycles. The molecule has 1 heterocycles. The van der Waals surface area contributed by atoms with E-state index in [0.29, 0.717) is 17.7 Å². The van der Waals surface area contributed by atoms with E-state index in [4.69, 9.17) is 4.74 Å². The van der Waals surface area contributed by atoms with Crippen molar-refractivity contribution in [2.24, 2.45) is 5.10 Å². The Morgan fingerprint density at radius 2 is 1.76 bits per heavy atom. The summed E-state index contributed by atoms with van der Waals surface area (Å²) in [5, 5.41) is 9.91. The number of benzene rings is 3. The van der Waals surface area contributed by atoms with Gasteiger partial charge in [0.25, 0.3) is 5.91 Å². The van der Waals surface area contributed by atoms with Gasteiger partial charge in [0.2, 0.25) is 0 Å². The van der Waals surface area contributed by atoms with E-state index in [0.717, 1.165) is 21.3 Å². The standard InChI is InChI=1S/C23H21N3O3/c1-3-23(17-10-5-4-6-11-17)21(27)26(22(28)25-23)24-15-19-18-12-8-7-9-16(18)13-14-20(19)29-2/h4-15H,3H2,1-2H3,(H,25,28)/b24-15-/t23-/m0/s1. The van der Waals surface area contributed by atoms with Gasteiger partial charge in [-0.15, -0.1) is 5.01 Å². The molecule has 0 radical (unpaired) electrons. The van der Waals surface area contributed by atoms with E-state index in [9.17, 15) is 9.59 Å². The van der Waals surface area contributed by atoms with Crippen LogP contribution in [0.4, 0.5) is 4.79 Å². The highest BCUT2D eigenvalue weighted by Gasteiger charge is 2.51. The number of carbonyl (C=O) groups is 2. The van der Waals surface area contributed by atoms with Crippen LogP contribution >= 0.6 is 0 Å². The number of nitrogens with zero attached hydrogens (tertiary/aromatic N) is 2. The first kappa shape index (κ1) is 18.7. The molecule has 1 atom stereocenters. The van der Waals surface area contributed by atoms with Crippen molar-refractivity contribution in [3.63, 3.8) is 0 Å². The molecule has 0 saturated carbocycles. The van der Waals surface area contributed by atoms with Crippen molar-refractivity contribution in [2.75, 3.05) is 7.11 Å². The largest absolute Gasteiger partial charge is 0.496 e. The van der Waals surface area contributed by atoms with Crippen molar-refractivity contribution in [3.8, 4) is 5.75 Å². The van der Waals surface area contributed by atoms with Crippen LogP contribution in [0.5, 0.6) is 5.75 Å². The van der Waals surface area contributed by atoms with Gasteiger partial charge >= 0.3 is 6.03 Å². The van der Waals surface area contributed by atoms with E-state index < -0.39 is 17.5 Å². The lowest BCUT2D eigenvalue weighted by Crippen LogP contribution is -2.43. The summed E-state index contributed by atoms with van der Waals surface area (Å²) in [5.74, 6) is 0.218. The topological polar surface area (TPSA) is 71.0 Å². The second-order valence-corrected chi connectivity index (χ2v) is 6.82. The zero-order valence-electron chi connectivity index (χ0n) is 16.3. The van der Waals surface area contributed by atoms with Crippen molar-refractivity contribution in [1.29, 1.82) is 0 Å². The molecule has 0 aliphatic carbocycles. The van der Waals surface area contributed by atoms with Crippen molar-refractivity contribution >= 4 is 28.9 Å². The van der Waals surface area contributed by atoms with Crippen LogP contribution in [0.1, 0.15) is 24.5 Å². The first-order valence-electron chi connectivity index (χ1n) is 9.42. The third kappa shape index (κ3) is 3.02. The van der Waals surface area contributed by atoms with Crippen molar-refractivity contribution in [1.82, 2.24) is 10.3 Å². The average Bonchev–Trinajstić information content (AvgIpc) is 3.02. The highest BCUT2D eigenvalue weighted by Crippen LogP contribution is 2.33. The first-order valence-corrected chi connectivity index (χ1v) is 9.42. The normalized spacial score (nSPS) is 19.2. The van der Waals surface area contributed by atoms with Gasteiger partial charge in [-0.1, -0.05) is 67.6 Å². The van der Waals surface area contributed by atoms with Crippen LogP contribution < -0.4 is 10.1 Å². The number of ether oxygens (including phenoxy) is 1. The van der Waals surface area contributed by atoms with Crippen molar-refractivity contribution < 1.29 is 14.3 Å². The minimum absolute atomic E-state index is 0.397. The summed E-state index contributed by atoms with van der Waals surface area (Å²) >= 11 is 0. The number of hydrazone groups is 1.